The zero-order valence-electron chi connectivity index (χ0n) is 12.3. The lowest BCUT2D eigenvalue weighted by Crippen LogP contribution is -2.15. The first-order valence-electron chi connectivity index (χ1n) is 7.29. The van der Waals surface area contributed by atoms with E-state index < -0.39 is 0 Å². The van der Waals surface area contributed by atoms with Gasteiger partial charge in [-0.2, -0.15) is 5.10 Å². The van der Waals surface area contributed by atoms with Crippen LogP contribution in [0.2, 0.25) is 5.22 Å². The highest BCUT2D eigenvalue weighted by atomic mass is 35.5. The van der Waals surface area contributed by atoms with E-state index in [2.05, 4.69) is 26.0 Å². The first-order chi connectivity index (χ1) is 10.6. The van der Waals surface area contributed by atoms with Crippen molar-refractivity contribution in [1.82, 2.24) is 20.7 Å². The number of halogens is 1. The number of aromatic nitrogens is 3. The molecule has 0 radical (unpaired) electrons. The summed E-state index contributed by atoms with van der Waals surface area (Å²) in [5.74, 6) is 0.290. The third-order valence-electron chi connectivity index (χ3n) is 3.95. The Kier molecular flexibility index (Phi) is 4.44. The van der Waals surface area contributed by atoms with Crippen LogP contribution in [0.1, 0.15) is 35.7 Å². The number of anilines is 1. The SMILES string of the molecule is Cc1noc(Cl)c1CCC(=O)Nc1cn[nH]c1C1CCNC1. The third kappa shape index (κ3) is 3.15. The van der Waals surface area contributed by atoms with Gasteiger partial charge in [0.05, 0.1) is 23.3 Å². The molecule has 0 aliphatic carbocycles. The second-order valence-electron chi connectivity index (χ2n) is 5.46. The van der Waals surface area contributed by atoms with E-state index in [1.807, 2.05) is 6.92 Å². The number of carbonyl (C=O) groups excluding carboxylic acids is 1. The quantitative estimate of drug-likeness (QED) is 0.782. The fraction of sp³-hybridized carbons (Fsp3) is 0.500. The van der Waals surface area contributed by atoms with Gasteiger partial charge in [-0.05, 0) is 37.9 Å². The molecule has 118 valence electrons. The highest BCUT2D eigenvalue weighted by molar-refractivity contribution is 6.29. The number of aromatic amines is 1. The highest BCUT2D eigenvalue weighted by Crippen LogP contribution is 2.27. The second kappa shape index (κ2) is 6.50. The predicted octanol–water partition coefficient (Wildman–Crippen LogP) is 2.01. The molecule has 22 heavy (non-hydrogen) atoms. The average molecular weight is 324 g/mol. The number of aryl methyl sites for hydroxylation is 1. The first kappa shape index (κ1) is 15.1. The van der Waals surface area contributed by atoms with Crippen molar-refractivity contribution in [3.8, 4) is 0 Å². The van der Waals surface area contributed by atoms with Crippen LogP contribution in [-0.4, -0.2) is 34.4 Å². The molecule has 1 amide bonds. The molecule has 0 saturated carbocycles. The molecular weight excluding hydrogens is 306 g/mol. The molecule has 2 aromatic heterocycles. The summed E-state index contributed by atoms with van der Waals surface area (Å²) in [5, 5.41) is 17.3. The summed E-state index contributed by atoms with van der Waals surface area (Å²) in [6.45, 7) is 3.70. The monoisotopic (exact) mass is 323 g/mol. The normalized spacial score (nSPS) is 17.8. The minimum atomic E-state index is -0.0785. The van der Waals surface area contributed by atoms with Crippen molar-refractivity contribution in [2.45, 2.75) is 32.1 Å². The summed E-state index contributed by atoms with van der Waals surface area (Å²) in [7, 11) is 0. The average Bonchev–Trinajstić information content (AvgIpc) is 3.20. The van der Waals surface area contributed by atoms with E-state index in [1.165, 1.54) is 0 Å². The summed E-state index contributed by atoms with van der Waals surface area (Å²) in [6.07, 6.45) is 3.51. The summed E-state index contributed by atoms with van der Waals surface area (Å²) >= 11 is 5.90. The van der Waals surface area contributed by atoms with Gasteiger partial charge < -0.3 is 15.2 Å². The molecule has 1 unspecified atom stereocenters. The van der Waals surface area contributed by atoms with E-state index in [-0.39, 0.29) is 11.1 Å². The lowest BCUT2D eigenvalue weighted by Gasteiger charge is -2.10. The fourth-order valence-corrected chi connectivity index (χ4v) is 2.97. The smallest absolute Gasteiger partial charge is 0.229 e. The maximum Gasteiger partial charge on any atom is 0.229 e. The summed E-state index contributed by atoms with van der Waals surface area (Å²) in [4.78, 5) is 12.1. The standard InChI is InChI=1S/C14H18ClN5O2/c1-8-10(14(15)22-20-8)2-3-12(21)18-11-7-17-19-13(11)9-4-5-16-6-9/h7,9,16H,2-6H2,1H3,(H,17,19)(H,18,21). The maximum atomic E-state index is 12.1. The fourth-order valence-electron chi connectivity index (χ4n) is 2.70. The zero-order chi connectivity index (χ0) is 15.5. The number of hydrogen-bond donors (Lipinski definition) is 3. The van der Waals surface area contributed by atoms with Crippen molar-refractivity contribution in [1.29, 1.82) is 0 Å². The van der Waals surface area contributed by atoms with E-state index in [0.29, 0.717) is 18.8 Å². The van der Waals surface area contributed by atoms with Crippen molar-refractivity contribution < 1.29 is 9.32 Å². The molecule has 8 heteroatoms. The Morgan fingerprint density at radius 1 is 1.59 bits per heavy atom. The summed E-state index contributed by atoms with van der Waals surface area (Å²) in [6, 6.07) is 0. The molecule has 3 rings (SSSR count). The Balaban J connectivity index is 1.59. The Hall–Kier alpha value is -1.86. The summed E-state index contributed by atoms with van der Waals surface area (Å²) < 4.78 is 4.88. The van der Waals surface area contributed by atoms with Gasteiger partial charge in [0.15, 0.2) is 0 Å². The van der Waals surface area contributed by atoms with E-state index in [4.69, 9.17) is 16.1 Å². The van der Waals surface area contributed by atoms with Crippen LogP contribution < -0.4 is 10.6 Å². The van der Waals surface area contributed by atoms with Gasteiger partial charge in [-0.25, -0.2) is 0 Å². The molecular formula is C14H18ClN5O2. The lowest BCUT2D eigenvalue weighted by atomic mass is 10.0. The third-order valence-corrected chi connectivity index (χ3v) is 4.25. The van der Waals surface area contributed by atoms with Crippen LogP contribution in [0.25, 0.3) is 0 Å². The Bertz CT molecular complexity index is 640. The topological polar surface area (TPSA) is 95.8 Å². The van der Waals surface area contributed by atoms with Crippen LogP contribution in [0.4, 0.5) is 5.69 Å². The molecule has 1 aliphatic heterocycles. The summed E-state index contributed by atoms with van der Waals surface area (Å²) in [5.41, 5.74) is 3.24. The molecule has 1 aliphatic rings. The molecule has 0 aromatic carbocycles. The number of rotatable bonds is 5. The Morgan fingerprint density at radius 2 is 2.45 bits per heavy atom. The molecule has 1 saturated heterocycles. The van der Waals surface area contributed by atoms with Gasteiger partial charge in [0, 0.05) is 24.4 Å². The van der Waals surface area contributed by atoms with Gasteiger partial charge in [-0.1, -0.05) is 5.16 Å². The largest absolute Gasteiger partial charge is 0.344 e. The van der Waals surface area contributed by atoms with Gasteiger partial charge in [-0.15, -0.1) is 0 Å². The molecule has 2 aromatic rings. The van der Waals surface area contributed by atoms with E-state index in [1.54, 1.807) is 6.20 Å². The van der Waals surface area contributed by atoms with Crippen molar-refractivity contribution in [3.05, 3.63) is 28.4 Å². The zero-order valence-corrected chi connectivity index (χ0v) is 13.0. The van der Waals surface area contributed by atoms with Crippen LogP contribution in [0, 0.1) is 6.92 Å². The molecule has 0 spiro atoms. The number of amides is 1. The second-order valence-corrected chi connectivity index (χ2v) is 5.80. The number of nitrogens with one attached hydrogen (secondary N) is 3. The molecule has 1 fully saturated rings. The van der Waals surface area contributed by atoms with Crippen LogP contribution >= 0.6 is 11.6 Å². The molecule has 3 heterocycles. The Morgan fingerprint density at radius 3 is 3.14 bits per heavy atom. The van der Waals surface area contributed by atoms with E-state index in [9.17, 15) is 4.79 Å². The number of H-pyrrole nitrogens is 1. The number of hydrogen-bond acceptors (Lipinski definition) is 5. The van der Waals surface area contributed by atoms with Crippen molar-refractivity contribution in [2.75, 3.05) is 18.4 Å². The van der Waals surface area contributed by atoms with Crippen LogP contribution in [0.3, 0.4) is 0 Å². The van der Waals surface area contributed by atoms with Gasteiger partial charge in [0.25, 0.3) is 0 Å². The highest BCUT2D eigenvalue weighted by Gasteiger charge is 2.22. The van der Waals surface area contributed by atoms with Crippen molar-refractivity contribution in [2.24, 2.45) is 0 Å². The van der Waals surface area contributed by atoms with E-state index >= 15 is 0 Å². The predicted molar refractivity (Wildman–Crippen MR) is 82.0 cm³/mol. The van der Waals surface area contributed by atoms with Crippen LogP contribution in [-0.2, 0) is 11.2 Å². The number of nitrogens with zero attached hydrogens (tertiary/aromatic N) is 2. The van der Waals surface area contributed by atoms with E-state index in [0.717, 1.165) is 42.1 Å². The number of carbonyl (C=O) groups is 1. The van der Waals surface area contributed by atoms with Crippen LogP contribution in [0.5, 0.6) is 0 Å². The first-order valence-corrected chi connectivity index (χ1v) is 7.67. The molecule has 0 bridgehead atoms. The lowest BCUT2D eigenvalue weighted by molar-refractivity contribution is -0.116. The minimum absolute atomic E-state index is 0.0785. The van der Waals surface area contributed by atoms with Gasteiger partial charge in [-0.3, -0.25) is 9.89 Å². The molecule has 1 atom stereocenters. The van der Waals surface area contributed by atoms with Crippen molar-refractivity contribution >= 4 is 23.2 Å². The van der Waals surface area contributed by atoms with Gasteiger partial charge in [0.2, 0.25) is 11.1 Å². The maximum absolute atomic E-state index is 12.1. The Labute approximate surface area is 132 Å². The van der Waals surface area contributed by atoms with Crippen molar-refractivity contribution in [3.63, 3.8) is 0 Å². The minimum Gasteiger partial charge on any atom is -0.344 e. The molecule has 7 nitrogen and oxygen atoms in total. The van der Waals surface area contributed by atoms with Gasteiger partial charge in [0.1, 0.15) is 0 Å². The van der Waals surface area contributed by atoms with Crippen LogP contribution in [0.15, 0.2) is 10.7 Å². The molecule has 3 N–H and O–H groups in total. The van der Waals surface area contributed by atoms with Gasteiger partial charge >= 0.3 is 0 Å².